The van der Waals surface area contributed by atoms with Gasteiger partial charge in [0.05, 0.1) is 6.04 Å². The van der Waals surface area contributed by atoms with E-state index in [0.29, 0.717) is 18.5 Å². The molecule has 0 aliphatic heterocycles. The molecular weight excluding hydrogens is 330 g/mol. The number of anilines is 1. The van der Waals surface area contributed by atoms with Crippen LogP contribution in [0, 0.1) is 5.92 Å². The third-order valence-electron chi connectivity index (χ3n) is 4.26. The molecule has 7 heteroatoms. The first-order chi connectivity index (χ1) is 12.4. The highest BCUT2D eigenvalue weighted by molar-refractivity contribution is 5.90. The minimum Gasteiger partial charge on any atom is -0.359 e. The van der Waals surface area contributed by atoms with E-state index in [1.807, 2.05) is 55.9 Å². The van der Waals surface area contributed by atoms with Gasteiger partial charge in [-0.2, -0.15) is 0 Å². The van der Waals surface area contributed by atoms with E-state index in [0.717, 1.165) is 11.4 Å². The molecule has 0 spiro atoms. The third kappa shape index (κ3) is 5.08. The van der Waals surface area contributed by atoms with Crippen LogP contribution in [0.4, 0.5) is 10.5 Å². The van der Waals surface area contributed by atoms with Crippen molar-refractivity contribution < 1.29 is 9.59 Å². The summed E-state index contributed by atoms with van der Waals surface area (Å²) in [6, 6.07) is 7.01. The fourth-order valence-corrected chi connectivity index (χ4v) is 2.74. The van der Waals surface area contributed by atoms with Gasteiger partial charge in [-0.3, -0.25) is 4.79 Å². The molecule has 0 bridgehead atoms. The van der Waals surface area contributed by atoms with Crippen LogP contribution in [0.2, 0.25) is 0 Å². The first kappa shape index (κ1) is 19.5. The number of amides is 3. The molecule has 2 rings (SSSR count). The molecule has 0 saturated heterocycles. The molecule has 0 aliphatic carbocycles. The predicted molar refractivity (Wildman–Crippen MR) is 102 cm³/mol. The summed E-state index contributed by atoms with van der Waals surface area (Å²) in [5.41, 5.74) is 1.63. The largest absolute Gasteiger partial charge is 0.359 e. The Morgan fingerprint density at radius 3 is 2.58 bits per heavy atom. The Morgan fingerprint density at radius 1 is 1.23 bits per heavy atom. The fraction of sp³-hybridized carbons (Fsp3) is 0.421. The second-order valence-electron chi connectivity index (χ2n) is 6.55. The van der Waals surface area contributed by atoms with Gasteiger partial charge in [-0.05, 0) is 24.0 Å². The molecule has 0 fully saturated rings. The number of hydrogen-bond acceptors (Lipinski definition) is 3. The quantitative estimate of drug-likeness (QED) is 0.712. The van der Waals surface area contributed by atoms with E-state index in [1.165, 1.54) is 0 Å². The summed E-state index contributed by atoms with van der Waals surface area (Å²) in [5, 5.41) is 8.51. The van der Waals surface area contributed by atoms with E-state index in [-0.39, 0.29) is 23.9 Å². The average Bonchev–Trinajstić information content (AvgIpc) is 3.04. The number of carbonyl (C=O) groups is 2. The Kier molecular flexibility index (Phi) is 6.77. The lowest BCUT2D eigenvalue weighted by molar-refractivity contribution is -0.120. The second kappa shape index (κ2) is 9.03. The molecule has 3 amide bonds. The molecule has 1 heterocycles. The third-order valence-corrected chi connectivity index (χ3v) is 4.26. The summed E-state index contributed by atoms with van der Waals surface area (Å²) in [5.74, 6) is 0.965. The summed E-state index contributed by atoms with van der Waals surface area (Å²) in [6.07, 6.45) is 4.51. The van der Waals surface area contributed by atoms with Crippen LogP contribution in [0.1, 0.15) is 37.7 Å². The van der Waals surface area contributed by atoms with E-state index >= 15 is 0 Å². The van der Waals surface area contributed by atoms with Gasteiger partial charge >= 0.3 is 6.03 Å². The second-order valence-corrected chi connectivity index (χ2v) is 6.55. The molecule has 1 aromatic heterocycles. The molecule has 1 atom stereocenters. The number of nitrogens with zero attached hydrogens (tertiary/aromatic N) is 2. The van der Waals surface area contributed by atoms with Crippen LogP contribution in [0.5, 0.6) is 0 Å². The monoisotopic (exact) mass is 357 g/mol. The highest BCUT2D eigenvalue weighted by Gasteiger charge is 2.22. The predicted octanol–water partition coefficient (Wildman–Crippen LogP) is 2.62. The van der Waals surface area contributed by atoms with Crippen LogP contribution in [0.25, 0.3) is 0 Å². The molecule has 2 aromatic rings. The molecule has 0 saturated carbocycles. The lowest BCUT2D eigenvalue weighted by Crippen LogP contribution is -2.36. The van der Waals surface area contributed by atoms with Crippen molar-refractivity contribution in [1.29, 1.82) is 0 Å². The zero-order valence-corrected chi connectivity index (χ0v) is 15.7. The van der Waals surface area contributed by atoms with E-state index in [2.05, 4.69) is 20.9 Å². The Morgan fingerprint density at radius 2 is 1.96 bits per heavy atom. The fourth-order valence-electron chi connectivity index (χ4n) is 2.74. The number of aromatic nitrogens is 2. The average molecular weight is 357 g/mol. The SMILES string of the molecule is CNC(=O)CCc1ccccc1NC(=O)N[C@@H](c1nccn1C)C(C)C. The number of nitrogens with one attached hydrogen (secondary N) is 3. The van der Waals surface area contributed by atoms with Gasteiger partial charge in [-0.1, -0.05) is 32.0 Å². The van der Waals surface area contributed by atoms with Crippen molar-refractivity contribution in [2.24, 2.45) is 13.0 Å². The number of aryl methyl sites for hydroxylation is 2. The molecular formula is C19H27N5O2. The smallest absolute Gasteiger partial charge is 0.319 e. The van der Waals surface area contributed by atoms with Crippen molar-refractivity contribution in [2.75, 3.05) is 12.4 Å². The Labute approximate surface area is 154 Å². The molecule has 1 aromatic carbocycles. The lowest BCUT2D eigenvalue weighted by atomic mass is 10.0. The Hall–Kier alpha value is -2.83. The molecule has 26 heavy (non-hydrogen) atoms. The van der Waals surface area contributed by atoms with Gasteiger partial charge < -0.3 is 20.5 Å². The van der Waals surface area contributed by atoms with Crippen molar-refractivity contribution in [3.8, 4) is 0 Å². The van der Waals surface area contributed by atoms with Gasteiger partial charge in [0, 0.05) is 38.6 Å². The van der Waals surface area contributed by atoms with Crippen LogP contribution in [-0.2, 0) is 18.3 Å². The number of urea groups is 1. The normalized spacial score (nSPS) is 11.9. The molecule has 7 nitrogen and oxygen atoms in total. The first-order valence-corrected chi connectivity index (χ1v) is 8.75. The van der Waals surface area contributed by atoms with E-state index in [4.69, 9.17) is 0 Å². The van der Waals surface area contributed by atoms with Gasteiger partial charge in [0.25, 0.3) is 0 Å². The van der Waals surface area contributed by atoms with Gasteiger partial charge in [0.1, 0.15) is 5.82 Å². The van der Waals surface area contributed by atoms with Crippen LogP contribution >= 0.6 is 0 Å². The van der Waals surface area contributed by atoms with Gasteiger partial charge in [0.15, 0.2) is 0 Å². The summed E-state index contributed by atoms with van der Waals surface area (Å²) in [7, 11) is 3.52. The number of imidazole rings is 1. The Balaban J connectivity index is 2.07. The maximum atomic E-state index is 12.5. The number of rotatable bonds is 7. The van der Waals surface area contributed by atoms with Crippen molar-refractivity contribution in [3.05, 3.63) is 48.0 Å². The number of carbonyl (C=O) groups excluding carboxylic acids is 2. The van der Waals surface area contributed by atoms with Gasteiger partial charge in [-0.15, -0.1) is 0 Å². The highest BCUT2D eigenvalue weighted by Crippen LogP contribution is 2.21. The Bertz CT molecular complexity index is 754. The van der Waals surface area contributed by atoms with Crippen molar-refractivity contribution in [1.82, 2.24) is 20.2 Å². The summed E-state index contributed by atoms with van der Waals surface area (Å²) in [4.78, 5) is 28.4. The zero-order valence-electron chi connectivity index (χ0n) is 15.7. The van der Waals surface area contributed by atoms with E-state index < -0.39 is 0 Å². The van der Waals surface area contributed by atoms with Crippen LogP contribution in [0.3, 0.4) is 0 Å². The highest BCUT2D eigenvalue weighted by atomic mass is 16.2. The van der Waals surface area contributed by atoms with Crippen LogP contribution in [-0.4, -0.2) is 28.5 Å². The lowest BCUT2D eigenvalue weighted by Gasteiger charge is -2.22. The summed E-state index contributed by atoms with van der Waals surface area (Å²) in [6.45, 7) is 4.08. The van der Waals surface area contributed by atoms with Crippen molar-refractivity contribution in [3.63, 3.8) is 0 Å². The minimum absolute atomic E-state index is 0.0288. The number of para-hydroxylation sites is 1. The topological polar surface area (TPSA) is 88.1 Å². The van der Waals surface area contributed by atoms with Crippen LogP contribution < -0.4 is 16.0 Å². The molecule has 0 radical (unpaired) electrons. The minimum atomic E-state index is -0.293. The first-order valence-electron chi connectivity index (χ1n) is 8.75. The molecule has 0 aliphatic rings. The standard InChI is InChI=1S/C19H27N5O2/c1-13(2)17(18-21-11-12-24(18)4)23-19(26)22-15-8-6-5-7-14(15)9-10-16(25)20-3/h5-8,11-13,17H,9-10H2,1-4H3,(H,20,25)(H2,22,23,26)/t17-/m1/s1. The summed E-state index contributed by atoms with van der Waals surface area (Å²) >= 11 is 0. The van der Waals surface area contributed by atoms with E-state index in [9.17, 15) is 9.59 Å². The maximum absolute atomic E-state index is 12.5. The molecule has 3 N–H and O–H groups in total. The number of hydrogen-bond donors (Lipinski definition) is 3. The van der Waals surface area contributed by atoms with Crippen molar-refractivity contribution in [2.45, 2.75) is 32.7 Å². The van der Waals surface area contributed by atoms with E-state index in [1.54, 1.807) is 13.2 Å². The van der Waals surface area contributed by atoms with Gasteiger partial charge in [-0.25, -0.2) is 9.78 Å². The molecule has 140 valence electrons. The van der Waals surface area contributed by atoms with Gasteiger partial charge in [0.2, 0.25) is 5.91 Å². The zero-order chi connectivity index (χ0) is 19.1. The van der Waals surface area contributed by atoms with Crippen molar-refractivity contribution >= 4 is 17.6 Å². The number of benzene rings is 1. The molecule has 0 unspecified atom stereocenters. The summed E-state index contributed by atoms with van der Waals surface area (Å²) < 4.78 is 1.91. The van der Waals surface area contributed by atoms with Crippen LogP contribution in [0.15, 0.2) is 36.7 Å². The maximum Gasteiger partial charge on any atom is 0.319 e.